The van der Waals surface area contributed by atoms with E-state index in [1.165, 1.54) is 18.2 Å². The molecule has 0 fully saturated rings. The van der Waals surface area contributed by atoms with Crippen molar-refractivity contribution < 1.29 is 19.4 Å². The number of benzene rings is 2. The Morgan fingerprint density at radius 1 is 1.22 bits per heavy atom. The summed E-state index contributed by atoms with van der Waals surface area (Å²) in [6, 6.07) is 11.8. The molecule has 1 amide bonds. The van der Waals surface area contributed by atoms with Gasteiger partial charge in [-0.2, -0.15) is 0 Å². The van der Waals surface area contributed by atoms with Crippen LogP contribution in [0.15, 0.2) is 42.5 Å². The van der Waals surface area contributed by atoms with Gasteiger partial charge < -0.3 is 15.2 Å². The fourth-order valence-corrected chi connectivity index (χ4v) is 2.34. The van der Waals surface area contributed by atoms with Crippen LogP contribution in [0.4, 0.5) is 5.69 Å². The number of hydrogen-bond acceptors (Lipinski definition) is 3. The fraction of sp³-hybridized carbons (Fsp3) is 0.176. The van der Waals surface area contributed by atoms with E-state index in [1.807, 2.05) is 24.3 Å². The van der Waals surface area contributed by atoms with Gasteiger partial charge in [0, 0.05) is 11.4 Å². The molecule has 0 radical (unpaired) electrons. The second-order valence-corrected chi connectivity index (χ2v) is 5.29. The Morgan fingerprint density at radius 2 is 1.96 bits per heavy atom. The smallest absolute Gasteiger partial charge is 0.337 e. The topological polar surface area (TPSA) is 75.6 Å². The molecule has 23 heavy (non-hydrogen) atoms. The first kappa shape index (κ1) is 16.8. The van der Waals surface area contributed by atoms with E-state index in [-0.39, 0.29) is 23.6 Å². The highest BCUT2D eigenvalue weighted by atomic mass is 35.5. The number of anilines is 1. The summed E-state index contributed by atoms with van der Waals surface area (Å²) in [5, 5.41) is 12.1. The summed E-state index contributed by atoms with van der Waals surface area (Å²) < 4.78 is 5.24. The van der Waals surface area contributed by atoms with Gasteiger partial charge in [-0.25, -0.2) is 4.79 Å². The van der Waals surface area contributed by atoms with E-state index in [1.54, 1.807) is 7.11 Å². The molecule has 0 saturated heterocycles. The van der Waals surface area contributed by atoms with Gasteiger partial charge in [0.2, 0.25) is 5.91 Å². The predicted octanol–water partition coefficient (Wildman–Crippen LogP) is 3.62. The van der Waals surface area contributed by atoms with Crippen molar-refractivity contribution in [2.24, 2.45) is 0 Å². The first-order valence-electron chi connectivity index (χ1n) is 6.96. The second kappa shape index (κ2) is 7.65. The molecule has 2 rings (SSSR count). The summed E-state index contributed by atoms with van der Waals surface area (Å²) in [6.07, 6.45) is 0.702. The molecule has 0 spiro atoms. The van der Waals surface area contributed by atoms with Crippen LogP contribution >= 0.6 is 11.6 Å². The molecule has 0 aliphatic rings. The molecule has 0 aromatic heterocycles. The number of carboxylic acid groups (broad SMARTS) is 1. The number of nitrogens with one attached hydrogen (secondary N) is 1. The first-order valence-corrected chi connectivity index (χ1v) is 7.33. The zero-order chi connectivity index (χ0) is 16.8. The van der Waals surface area contributed by atoms with Gasteiger partial charge in [0.15, 0.2) is 0 Å². The average Bonchev–Trinajstić information content (AvgIpc) is 2.54. The zero-order valence-corrected chi connectivity index (χ0v) is 13.3. The van der Waals surface area contributed by atoms with Crippen LogP contribution in [0.1, 0.15) is 22.3 Å². The van der Waals surface area contributed by atoms with E-state index in [2.05, 4.69) is 5.32 Å². The molecule has 2 N–H and O–H groups in total. The lowest BCUT2D eigenvalue weighted by Gasteiger charge is -2.10. The Bertz CT molecular complexity index is 730. The number of hydrogen-bond donors (Lipinski definition) is 2. The van der Waals surface area contributed by atoms with Crippen LogP contribution in [0.3, 0.4) is 0 Å². The van der Waals surface area contributed by atoms with Crippen LogP contribution in [0.2, 0.25) is 5.02 Å². The number of carbonyl (C=O) groups excluding carboxylic acids is 1. The minimum Gasteiger partial charge on any atom is -0.496 e. The van der Waals surface area contributed by atoms with E-state index >= 15 is 0 Å². The number of rotatable bonds is 6. The van der Waals surface area contributed by atoms with E-state index in [0.29, 0.717) is 11.4 Å². The van der Waals surface area contributed by atoms with Gasteiger partial charge >= 0.3 is 5.97 Å². The first-order chi connectivity index (χ1) is 11.0. The molecule has 5 nitrogen and oxygen atoms in total. The van der Waals surface area contributed by atoms with Crippen LogP contribution in [-0.2, 0) is 11.2 Å². The fourth-order valence-electron chi connectivity index (χ4n) is 2.17. The molecular formula is C17H16ClNO4. The monoisotopic (exact) mass is 333 g/mol. The van der Waals surface area contributed by atoms with Crippen LogP contribution < -0.4 is 10.1 Å². The molecule has 0 unspecified atom stereocenters. The number of halogens is 1. The van der Waals surface area contributed by atoms with E-state index < -0.39 is 5.97 Å². The Balaban J connectivity index is 2.04. The van der Waals surface area contributed by atoms with Crippen molar-refractivity contribution in [1.29, 1.82) is 0 Å². The summed E-state index contributed by atoms with van der Waals surface area (Å²) in [4.78, 5) is 23.3. The van der Waals surface area contributed by atoms with Crippen molar-refractivity contribution in [1.82, 2.24) is 0 Å². The Hall–Kier alpha value is -2.53. The highest BCUT2D eigenvalue weighted by Gasteiger charge is 2.13. The van der Waals surface area contributed by atoms with Crippen LogP contribution in [0, 0.1) is 0 Å². The van der Waals surface area contributed by atoms with Crippen LogP contribution in [0.25, 0.3) is 0 Å². The van der Waals surface area contributed by atoms with E-state index in [9.17, 15) is 9.59 Å². The summed E-state index contributed by atoms with van der Waals surface area (Å²) in [5.41, 5.74) is 1.11. The third-order valence-electron chi connectivity index (χ3n) is 3.30. The Labute approximate surface area is 138 Å². The van der Waals surface area contributed by atoms with Crippen LogP contribution in [-0.4, -0.2) is 24.1 Å². The number of carboxylic acids is 1. The minimum absolute atomic E-state index is 0.0388. The maximum atomic E-state index is 12.1. The second-order valence-electron chi connectivity index (χ2n) is 4.86. The minimum atomic E-state index is -1.15. The lowest BCUT2D eigenvalue weighted by atomic mass is 10.1. The number of aryl methyl sites for hydroxylation is 1. The SMILES string of the molecule is COc1ccccc1CCC(=O)Nc1ccc(Cl)cc1C(=O)O. The van der Waals surface area contributed by atoms with Gasteiger partial charge in [-0.05, 0) is 36.2 Å². The molecule has 6 heteroatoms. The summed E-state index contributed by atoms with van der Waals surface area (Å²) in [7, 11) is 1.58. The lowest BCUT2D eigenvalue weighted by Crippen LogP contribution is -2.15. The molecule has 0 aliphatic carbocycles. The highest BCUT2D eigenvalue weighted by Crippen LogP contribution is 2.22. The number of amides is 1. The summed E-state index contributed by atoms with van der Waals surface area (Å²) in [6.45, 7) is 0. The van der Waals surface area contributed by atoms with Crippen molar-refractivity contribution in [2.75, 3.05) is 12.4 Å². The third kappa shape index (κ3) is 4.47. The number of carbonyl (C=O) groups is 2. The normalized spacial score (nSPS) is 10.2. The van der Waals surface area contributed by atoms with Crippen molar-refractivity contribution in [3.05, 3.63) is 58.6 Å². The average molecular weight is 334 g/mol. The molecule has 0 saturated carbocycles. The third-order valence-corrected chi connectivity index (χ3v) is 3.54. The molecule has 0 atom stereocenters. The number of methoxy groups -OCH3 is 1. The van der Waals surface area contributed by atoms with E-state index in [4.69, 9.17) is 21.4 Å². The molecule has 0 aliphatic heterocycles. The van der Waals surface area contributed by atoms with Gasteiger partial charge in [0.05, 0.1) is 18.4 Å². The zero-order valence-electron chi connectivity index (χ0n) is 12.5. The number of aromatic carboxylic acids is 1. The molecule has 0 heterocycles. The maximum absolute atomic E-state index is 12.1. The van der Waals surface area contributed by atoms with Gasteiger partial charge in [0.25, 0.3) is 0 Å². The maximum Gasteiger partial charge on any atom is 0.337 e. The van der Waals surface area contributed by atoms with Crippen LogP contribution in [0.5, 0.6) is 5.75 Å². The van der Waals surface area contributed by atoms with Crippen molar-refractivity contribution >= 4 is 29.2 Å². The van der Waals surface area contributed by atoms with Gasteiger partial charge in [-0.3, -0.25) is 4.79 Å². The van der Waals surface area contributed by atoms with E-state index in [0.717, 1.165) is 11.3 Å². The predicted molar refractivity (Wildman–Crippen MR) is 88.4 cm³/mol. The Morgan fingerprint density at radius 3 is 2.65 bits per heavy atom. The van der Waals surface area contributed by atoms with Gasteiger partial charge in [-0.1, -0.05) is 29.8 Å². The highest BCUT2D eigenvalue weighted by molar-refractivity contribution is 6.31. The molecule has 2 aromatic carbocycles. The number of ether oxygens (including phenoxy) is 1. The van der Waals surface area contributed by atoms with Crippen molar-refractivity contribution in [3.63, 3.8) is 0 Å². The largest absolute Gasteiger partial charge is 0.496 e. The van der Waals surface area contributed by atoms with Crippen molar-refractivity contribution in [3.8, 4) is 5.75 Å². The Kier molecular flexibility index (Phi) is 5.60. The van der Waals surface area contributed by atoms with Crippen molar-refractivity contribution in [2.45, 2.75) is 12.8 Å². The van der Waals surface area contributed by atoms with Gasteiger partial charge in [-0.15, -0.1) is 0 Å². The molecular weight excluding hydrogens is 318 g/mol. The number of para-hydroxylation sites is 1. The standard InChI is InChI=1S/C17H16ClNO4/c1-23-15-5-3-2-4-11(15)6-9-16(20)19-14-8-7-12(18)10-13(14)17(21)22/h2-5,7-8,10H,6,9H2,1H3,(H,19,20)(H,21,22). The molecule has 120 valence electrons. The summed E-state index contributed by atoms with van der Waals surface area (Å²) in [5.74, 6) is -0.703. The lowest BCUT2D eigenvalue weighted by molar-refractivity contribution is -0.116. The molecule has 2 aromatic rings. The molecule has 0 bridgehead atoms. The quantitative estimate of drug-likeness (QED) is 0.846. The summed E-state index contributed by atoms with van der Waals surface area (Å²) >= 11 is 5.78. The van der Waals surface area contributed by atoms with Gasteiger partial charge in [0.1, 0.15) is 5.75 Å².